The Kier molecular flexibility index (Phi) is 4.71. The third kappa shape index (κ3) is 2.97. The van der Waals surface area contributed by atoms with E-state index in [2.05, 4.69) is 5.32 Å². The van der Waals surface area contributed by atoms with Crippen molar-refractivity contribution in [2.75, 3.05) is 17.0 Å². The third-order valence-corrected chi connectivity index (χ3v) is 8.58. The van der Waals surface area contributed by atoms with Crippen LogP contribution in [0, 0.1) is 18.8 Å². The molecule has 37 heavy (non-hydrogen) atoms. The van der Waals surface area contributed by atoms with Gasteiger partial charge in [-0.15, -0.1) is 0 Å². The van der Waals surface area contributed by atoms with Crippen LogP contribution in [0.4, 0.5) is 11.4 Å². The van der Waals surface area contributed by atoms with Crippen molar-refractivity contribution in [3.8, 4) is 11.5 Å². The normalized spacial score (nSPS) is 27.1. The minimum absolute atomic E-state index is 0.0853. The van der Waals surface area contributed by atoms with E-state index in [0.29, 0.717) is 39.9 Å². The van der Waals surface area contributed by atoms with Gasteiger partial charge in [0.25, 0.3) is 5.91 Å². The van der Waals surface area contributed by atoms with Gasteiger partial charge in [0, 0.05) is 23.1 Å². The number of imide groups is 1. The number of hydrogen-bond acceptors (Lipinski definition) is 5. The van der Waals surface area contributed by atoms with Gasteiger partial charge in [-0.25, -0.2) is 4.90 Å². The summed E-state index contributed by atoms with van der Waals surface area (Å²) in [5.41, 5.74) is 2.23. The summed E-state index contributed by atoms with van der Waals surface area (Å²) in [7, 11) is 0. The van der Waals surface area contributed by atoms with Gasteiger partial charge in [0.15, 0.2) is 11.5 Å². The minimum atomic E-state index is -1.27. The smallest absolute Gasteiger partial charge is 0.291 e. The van der Waals surface area contributed by atoms with Crippen LogP contribution in [0.3, 0.4) is 0 Å². The summed E-state index contributed by atoms with van der Waals surface area (Å²) in [5.74, 6) is -1.53. The van der Waals surface area contributed by atoms with Crippen molar-refractivity contribution in [2.45, 2.75) is 24.9 Å². The third-order valence-electron chi connectivity index (χ3n) is 8.17. The standard InChI is InChI=1S/C28H22ClN3O5/c1-14-18(29)9-8-17-24(14)30-27(35)28(17)23-22(19(31-28)11-15-5-3-2-4-6-15)25(33)32(26(23)34)16-7-10-20-21(12-16)37-13-36-20/h2-10,12,19,22-23,31H,11,13H2,1H3,(H,30,35)/p+1/t19-,22+,23-,28-/m0/s1. The molecule has 4 atom stereocenters. The number of fused-ring (bicyclic) bond motifs is 5. The van der Waals surface area contributed by atoms with E-state index >= 15 is 0 Å². The van der Waals surface area contributed by atoms with E-state index in [-0.39, 0.29) is 24.6 Å². The van der Waals surface area contributed by atoms with Gasteiger partial charge in [0.1, 0.15) is 17.9 Å². The first-order valence-electron chi connectivity index (χ1n) is 12.2. The van der Waals surface area contributed by atoms with E-state index in [4.69, 9.17) is 21.1 Å². The molecule has 0 bridgehead atoms. The van der Waals surface area contributed by atoms with Crippen LogP contribution in [0.2, 0.25) is 5.02 Å². The molecule has 0 aromatic heterocycles. The minimum Gasteiger partial charge on any atom is -0.454 e. The molecule has 8 nitrogen and oxygen atoms in total. The lowest BCUT2D eigenvalue weighted by molar-refractivity contribution is -0.733. The fourth-order valence-electron chi connectivity index (χ4n) is 6.50. The lowest BCUT2D eigenvalue weighted by Crippen LogP contribution is -2.99. The quantitative estimate of drug-likeness (QED) is 0.521. The van der Waals surface area contributed by atoms with Crippen LogP contribution in [0.1, 0.15) is 16.7 Å². The number of carbonyl (C=O) groups is 3. The van der Waals surface area contributed by atoms with Gasteiger partial charge in [-0.05, 0) is 42.3 Å². The van der Waals surface area contributed by atoms with E-state index < -0.39 is 23.3 Å². The Morgan fingerprint density at radius 2 is 1.81 bits per heavy atom. The predicted octanol–water partition coefficient (Wildman–Crippen LogP) is 2.52. The van der Waals surface area contributed by atoms with Gasteiger partial charge >= 0.3 is 0 Å². The fourth-order valence-corrected chi connectivity index (χ4v) is 6.66. The number of benzene rings is 3. The zero-order valence-electron chi connectivity index (χ0n) is 19.9. The molecular weight excluding hydrogens is 494 g/mol. The first-order chi connectivity index (χ1) is 17.9. The number of quaternary nitrogens is 1. The monoisotopic (exact) mass is 516 g/mol. The summed E-state index contributed by atoms with van der Waals surface area (Å²) in [6, 6.07) is 18.1. The van der Waals surface area contributed by atoms with E-state index in [1.807, 2.05) is 48.6 Å². The molecule has 9 heteroatoms. The van der Waals surface area contributed by atoms with Crippen LogP contribution < -0.4 is 25.0 Å². The number of nitrogens with two attached hydrogens (primary N) is 1. The first-order valence-corrected chi connectivity index (χ1v) is 12.6. The van der Waals surface area contributed by atoms with Gasteiger partial charge < -0.3 is 20.1 Å². The molecular formula is C28H23ClN3O5+. The topological polar surface area (TPSA) is 102 Å². The number of amides is 3. The van der Waals surface area contributed by atoms with Gasteiger partial charge in [-0.1, -0.05) is 41.9 Å². The molecule has 3 aromatic rings. The first kappa shape index (κ1) is 22.3. The van der Waals surface area contributed by atoms with Crippen LogP contribution >= 0.6 is 11.6 Å². The maximum atomic E-state index is 14.2. The van der Waals surface area contributed by atoms with Crippen molar-refractivity contribution in [1.82, 2.24) is 0 Å². The van der Waals surface area contributed by atoms with Crippen molar-refractivity contribution in [3.05, 3.63) is 82.4 Å². The van der Waals surface area contributed by atoms with Crippen molar-refractivity contribution >= 4 is 40.7 Å². The molecule has 4 aliphatic heterocycles. The Labute approximate surface area is 217 Å². The Morgan fingerprint density at radius 3 is 2.62 bits per heavy atom. The van der Waals surface area contributed by atoms with Crippen molar-refractivity contribution in [3.63, 3.8) is 0 Å². The summed E-state index contributed by atoms with van der Waals surface area (Å²) in [6.45, 7) is 1.93. The fraction of sp³-hybridized carbons (Fsp3) is 0.250. The molecule has 7 rings (SSSR count). The summed E-state index contributed by atoms with van der Waals surface area (Å²) in [4.78, 5) is 43.2. The highest BCUT2D eigenvalue weighted by Gasteiger charge is 2.74. The SMILES string of the molecule is Cc1c(Cl)ccc2c1NC(=O)[C@]21[NH2+][C@@H](Cc2ccccc2)[C@H]2C(=O)N(c3ccc4c(c3)OCO4)C(=O)[C@H]21. The second-order valence-electron chi connectivity index (χ2n) is 9.99. The lowest BCUT2D eigenvalue weighted by atomic mass is 9.76. The predicted molar refractivity (Wildman–Crippen MR) is 134 cm³/mol. The average Bonchev–Trinajstić information content (AvgIpc) is 3.62. The number of ether oxygens (including phenoxy) is 2. The van der Waals surface area contributed by atoms with Crippen molar-refractivity contribution < 1.29 is 29.2 Å². The molecule has 2 saturated heterocycles. The Bertz CT molecular complexity index is 1510. The molecule has 0 radical (unpaired) electrons. The number of hydrogen-bond donors (Lipinski definition) is 2. The molecule has 0 saturated carbocycles. The van der Waals surface area contributed by atoms with Crippen LogP contribution in [0.25, 0.3) is 0 Å². The Balaban J connectivity index is 1.38. The van der Waals surface area contributed by atoms with Crippen LogP contribution in [0.5, 0.6) is 11.5 Å². The molecule has 186 valence electrons. The summed E-state index contributed by atoms with van der Waals surface area (Å²) >= 11 is 6.37. The molecule has 3 N–H and O–H groups in total. The Hall–Kier alpha value is -3.88. The second kappa shape index (κ2) is 7.81. The number of nitrogens with one attached hydrogen (secondary N) is 1. The molecule has 4 aliphatic rings. The molecule has 1 spiro atoms. The molecule has 4 heterocycles. The average molecular weight is 517 g/mol. The molecule has 0 aliphatic carbocycles. The molecule has 0 unspecified atom stereocenters. The van der Waals surface area contributed by atoms with Gasteiger partial charge in [-0.2, -0.15) is 0 Å². The summed E-state index contributed by atoms with van der Waals surface area (Å²) in [5, 5.41) is 5.46. The van der Waals surface area contributed by atoms with Gasteiger partial charge in [0.2, 0.25) is 24.1 Å². The number of anilines is 2. The maximum absolute atomic E-state index is 14.2. The number of halogens is 1. The Morgan fingerprint density at radius 1 is 1.03 bits per heavy atom. The largest absolute Gasteiger partial charge is 0.454 e. The highest BCUT2D eigenvalue weighted by atomic mass is 35.5. The molecule has 2 fully saturated rings. The number of nitrogens with zero attached hydrogens (tertiary/aromatic N) is 1. The van der Waals surface area contributed by atoms with Crippen LogP contribution in [-0.2, 0) is 26.3 Å². The number of rotatable bonds is 3. The summed E-state index contributed by atoms with van der Waals surface area (Å²) in [6.07, 6.45) is 0.535. The highest BCUT2D eigenvalue weighted by Crippen LogP contribution is 2.52. The van der Waals surface area contributed by atoms with E-state index in [0.717, 1.165) is 11.1 Å². The highest BCUT2D eigenvalue weighted by molar-refractivity contribution is 6.32. The van der Waals surface area contributed by atoms with E-state index in [9.17, 15) is 14.4 Å². The van der Waals surface area contributed by atoms with Crippen molar-refractivity contribution in [1.29, 1.82) is 0 Å². The maximum Gasteiger partial charge on any atom is 0.291 e. The second-order valence-corrected chi connectivity index (χ2v) is 10.4. The lowest BCUT2D eigenvalue weighted by Gasteiger charge is -2.26. The van der Waals surface area contributed by atoms with Gasteiger partial charge in [0.05, 0.1) is 11.4 Å². The van der Waals surface area contributed by atoms with E-state index in [1.165, 1.54) is 4.90 Å². The zero-order chi connectivity index (χ0) is 25.5. The van der Waals surface area contributed by atoms with Crippen molar-refractivity contribution in [2.24, 2.45) is 11.8 Å². The number of carbonyl (C=O) groups excluding carboxylic acids is 3. The van der Waals surface area contributed by atoms with Crippen LogP contribution in [0.15, 0.2) is 60.7 Å². The zero-order valence-corrected chi connectivity index (χ0v) is 20.6. The molecule has 3 aromatic carbocycles. The summed E-state index contributed by atoms with van der Waals surface area (Å²) < 4.78 is 10.9. The van der Waals surface area contributed by atoms with E-state index in [1.54, 1.807) is 24.3 Å². The van der Waals surface area contributed by atoms with Gasteiger partial charge in [-0.3, -0.25) is 14.4 Å². The molecule has 3 amide bonds. The van der Waals surface area contributed by atoms with Crippen LogP contribution in [-0.4, -0.2) is 30.6 Å².